The summed E-state index contributed by atoms with van der Waals surface area (Å²) in [4.78, 5) is 37.7. The third-order valence-electron chi connectivity index (χ3n) is 2.33. The summed E-state index contributed by atoms with van der Waals surface area (Å²) in [5, 5.41) is 17.0. The number of nitrogens with zero attached hydrogens (tertiary/aromatic N) is 3. The molecule has 11 heteroatoms. The van der Waals surface area contributed by atoms with Crippen LogP contribution in [0.1, 0.15) is 0 Å². The first-order valence-electron chi connectivity index (χ1n) is 5.45. The molecular formula is C10H10N6O5. The summed E-state index contributed by atoms with van der Waals surface area (Å²) in [5.74, 6) is -1.36. The van der Waals surface area contributed by atoms with Crippen molar-refractivity contribution in [1.29, 1.82) is 5.41 Å². The van der Waals surface area contributed by atoms with E-state index in [1.54, 1.807) is 0 Å². The number of aromatic amines is 2. The summed E-state index contributed by atoms with van der Waals surface area (Å²) in [5.41, 5.74) is -2.39. The van der Waals surface area contributed by atoms with Crippen LogP contribution in [0.3, 0.4) is 0 Å². The minimum Gasteiger partial charge on any atom is -0.493 e. The van der Waals surface area contributed by atoms with Crippen molar-refractivity contribution in [1.82, 2.24) is 9.97 Å². The van der Waals surface area contributed by atoms with Gasteiger partial charge in [0.05, 0.1) is 14.2 Å². The van der Waals surface area contributed by atoms with Crippen molar-refractivity contribution in [2.24, 2.45) is 15.0 Å². The second-order valence-electron chi connectivity index (χ2n) is 3.63. The molecule has 0 fully saturated rings. The van der Waals surface area contributed by atoms with Gasteiger partial charge in [0.15, 0.2) is 11.4 Å². The van der Waals surface area contributed by atoms with Gasteiger partial charge in [0, 0.05) is 0 Å². The number of methoxy groups -OCH3 is 2. The SMILES string of the molecule is COC1=NC(=N)N=C(OC)C1=Nc1c(O)[nH]c(=O)[nH]c1=O. The number of guanidine groups is 1. The van der Waals surface area contributed by atoms with Gasteiger partial charge < -0.3 is 14.6 Å². The summed E-state index contributed by atoms with van der Waals surface area (Å²) in [6, 6.07) is 0. The predicted octanol–water partition coefficient (Wildman–Crippen LogP) is -1.12. The molecule has 0 atom stereocenters. The van der Waals surface area contributed by atoms with E-state index in [1.165, 1.54) is 14.2 Å². The number of nitrogens with one attached hydrogen (secondary N) is 3. The monoisotopic (exact) mass is 294 g/mol. The molecule has 4 N–H and O–H groups in total. The quantitative estimate of drug-likeness (QED) is 0.514. The van der Waals surface area contributed by atoms with Crippen LogP contribution in [0.25, 0.3) is 0 Å². The van der Waals surface area contributed by atoms with Crippen molar-refractivity contribution in [3.63, 3.8) is 0 Å². The molecule has 1 aromatic heterocycles. The lowest BCUT2D eigenvalue weighted by Crippen LogP contribution is -2.32. The van der Waals surface area contributed by atoms with Gasteiger partial charge >= 0.3 is 5.69 Å². The summed E-state index contributed by atoms with van der Waals surface area (Å²) >= 11 is 0. The highest BCUT2D eigenvalue weighted by molar-refractivity contribution is 6.67. The smallest absolute Gasteiger partial charge is 0.328 e. The Kier molecular flexibility index (Phi) is 3.65. The van der Waals surface area contributed by atoms with E-state index in [2.05, 4.69) is 15.0 Å². The van der Waals surface area contributed by atoms with Gasteiger partial charge in [-0.2, -0.15) is 9.98 Å². The minimum atomic E-state index is -0.921. The number of ether oxygens (including phenoxy) is 2. The fourth-order valence-electron chi connectivity index (χ4n) is 1.48. The number of aromatic hydroxyl groups is 1. The van der Waals surface area contributed by atoms with Gasteiger partial charge in [0.1, 0.15) is 0 Å². The highest BCUT2D eigenvalue weighted by atomic mass is 16.5. The molecule has 0 radical (unpaired) electrons. The Morgan fingerprint density at radius 2 is 1.71 bits per heavy atom. The minimum absolute atomic E-state index is 0.108. The number of hydrogen-bond acceptors (Lipinski definition) is 7. The molecule has 1 aliphatic heterocycles. The third-order valence-corrected chi connectivity index (χ3v) is 2.33. The molecule has 21 heavy (non-hydrogen) atoms. The van der Waals surface area contributed by atoms with Gasteiger partial charge in [-0.25, -0.2) is 9.79 Å². The first-order chi connectivity index (χ1) is 9.96. The first-order valence-corrected chi connectivity index (χ1v) is 5.45. The molecule has 0 bridgehead atoms. The molecule has 0 saturated heterocycles. The molecule has 0 aliphatic carbocycles. The Morgan fingerprint density at radius 3 is 2.19 bits per heavy atom. The van der Waals surface area contributed by atoms with Crippen LogP contribution in [0, 0.1) is 5.41 Å². The zero-order chi connectivity index (χ0) is 15.6. The van der Waals surface area contributed by atoms with E-state index < -0.39 is 22.8 Å². The molecule has 11 nitrogen and oxygen atoms in total. The highest BCUT2D eigenvalue weighted by Crippen LogP contribution is 2.17. The molecule has 0 amide bonds. The molecular weight excluding hydrogens is 284 g/mol. The van der Waals surface area contributed by atoms with Crippen molar-refractivity contribution in [3.05, 3.63) is 20.8 Å². The Balaban J connectivity index is 2.65. The van der Waals surface area contributed by atoms with Gasteiger partial charge in [-0.15, -0.1) is 0 Å². The van der Waals surface area contributed by atoms with Gasteiger partial charge in [-0.1, -0.05) is 0 Å². The second-order valence-corrected chi connectivity index (χ2v) is 3.63. The van der Waals surface area contributed by atoms with E-state index in [4.69, 9.17) is 14.9 Å². The molecule has 2 rings (SSSR count). The standard InChI is InChI=1S/C10H10N6O5/c1-20-7-4(8(21-2)16-9(11)15-7)12-3-5(17)13-10(19)14-6(3)18/h11H,1-2H3,(H3,13,14,17,18,19). The largest absolute Gasteiger partial charge is 0.493 e. The van der Waals surface area contributed by atoms with Crippen molar-refractivity contribution in [2.75, 3.05) is 14.2 Å². The lowest BCUT2D eigenvalue weighted by molar-refractivity contribution is 0.399. The molecule has 0 unspecified atom stereocenters. The van der Waals surface area contributed by atoms with E-state index in [0.717, 1.165) is 0 Å². The fraction of sp³-hybridized carbons (Fsp3) is 0.200. The van der Waals surface area contributed by atoms with E-state index in [9.17, 15) is 14.7 Å². The Bertz CT molecular complexity index is 773. The molecule has 1 aromatic rings. The number of aliphatic imine (C=N–C) groups is 3. The second kappa shape index (κ2) is 5.40. The molecule has 0 aromatic carbocycles. The lowest BCUT2D eigenvalue weighted by Gasteiger charge is -2.13. The Labute approximate surface area is 116 Å². The number of hydrogen-bond donors (Lipinski definition) is 4. The lowest BCUT2D eigenvalue weighted by atomic mass is 10.3. The number of aromatic nitrogens is 2. The van der Waals surface area contributed by atoms with Crippen LogP contribution in [0.5, 0.6) is 5.88 Å². The summed E-state index contributed by atoms with van der Waals surface area (Å²) in [7, 11) is 2.55. The van der Waals surface area contributed by atoms with Crippen molar-refractivity contribution in [3.8, 4) is 5.88 Å². The van der Waals surface area contributed by atoms with Gasteiger partial charge in [0.25, 0.3) is 5.56 Å². The maximum Gasteiger partial charge on any atom is 0.328 e. The van der Waals surface area contributed by atoms with Crippen molar-refractivity contribution < 1.29 is 14.6 Å². The van der Waals surface area contributed by atoms with Gasteiger partial charge in [-0.3, -0.25) is 20.2 Å². The van der Waals surface area contributed by atoms with E-state index in [-0.39, 0.29) is 23.5 Å². The molecule has 0 spiro atoms. The van der Waals surface area contributed by atoms with E-state index >= 15 is 0 Å². The van der Waals surface area contributed by atoms with Crippen molar-refractivity contribution >= 4 is 29.2 Å². The van der Waals surface area contributed by atoms with Gasteiger partial charge in [-0.05, 0) is 0 Å². The summed E-state index contributed by atoms with van der Waals surface area (Å²) in [6.45, 7) is 0. The van der Waals surface area contributed by atoms with Crippen LogP contribution in [-0.4, -0.2) is 52.8 Å². The van der Waals surface area contributed by atoms with Gasteiger partial charge in [0.2, 0.25) is 23.6 Å². The van der Waals surface area contributed by atoms with E-state index in [0.29, 0.717) is 0 Å². The molecule has 0 saturated carbocycles. The average Bonchev–Trinajstić information content (AvgIpc) is 2.42. The highest BCUT2D eigenvalue weighted by Gasteiger charge is 2.25. The topological polar surface area (TPSA) is 165 Å². The Morgan fingerprint density at radius 1 is 1.14 bits per heavy atom. The fourth-order valence-corrected chi connectivity index (χ4v) is 1.48. The number of rotatable bonds is 1. The van der Waals surface area contributed by atoms with Crippen LogP contribution >= 0.6 is 0 Å². The van der Waals surface area contributed by atoms with Crippen LogP contribution in [-0.2, 0) is 9.47 Å². The van der Waals surface area contributed by atoms with Crippen LogP contribution in [0.2, 0.25) is 0 Å². The summed E-state index contributed by atoms with van der Waals surface area (Å²) < 4.78 is 9.87. The molecule has 110 valence electrons. The first kappa shape index (κ1) is 14.2. The van der Waals surface area contributed by atoms with Crippen LogP contribution < -0.4 is 11.2 Å². The third kappa shape index (κ3) is 2.70. The number of H-pyrrole nitrogens is 2. The van der Waals surface area contributed by atoms with Crippen molar-refractivity contribution in [2.45, 2.75) is 0 Å². The average molecular weight is 294 g/mol. The van der Waals surface area contributed by atoms with Crippen LogP contribution in [0.4, 0.5) is 5.69 Å². The Hall–Kier alpha value is -3.24. The summed E-state index contributed by atoms with van der Waals surface area (Å²) in [6.07, 6.45) is 0. The zero-order valence-corrected chi connectivity index (χ0v) is 10.9. The van der Waals surface area contributed by atoms with Crippen LogP contribution in [0.15, 0.2) is 24.6 Å². The normalized spacial score (nSPS) is 14.4. The predicted molar refractivity (Wildman–Crippen MR) is 73.1 cm³/mol. The molecule has 1 aliphatic rings. The maximum absolute atomic E-state index is 11.6. The molecule has 2 heterocycles. The van der Waals surface area contributed by atoms with E-state index in [1.807, 2.05) is 9.97 Å². The maximum atomic E-state index is 11.6. The zero-order valence-electron chi connectivity index (χ0n) is 10.9.